The number of hydrogen-bond acceptors (Lipinski definition) is 6. The molecule has 2 aromatic heterocycles. The second-order valence-corrected chi connectivity index (χ2v) is 4.61. The van der Waals surface area contributed by atoms with Gasteiger partial charge in [-0.3, -0.25) is 4.79 Å². The van der Waals surface area contributed by atoms with E-state index in [4.69, 9.17) is 4.74 Å². The van der Waals surface area contributed by atoms with Gasteiger partial charge in [0.05, 0.1) is 19.4 Å². The van der Waals surface area contributed by atoms with Crippen LogP contribution in [-0.2, 0) is 9.53 Å². The predicted octanol–water partition coefficient (Wildman–Crippen LogP) is 0.742. The highest BCUT2D eigenvalue weighted by Gasteiger charge is 2.28. The lowest BCUT2D eigenvalue weighted by Crippen LogP contribution is -2.39. The number of ether oxygens (including phenoxy) is 1. The highest BCUT2D eigenvalue weighted by atomic mass is 16.5. The fraction of sp³-hybridized carbons (Fsp3) is 0.500. The Morgan fingerprint density at radius 2 is 2.37 bits per heavy atom. The van der Waals surface area contributed by atoms with Crippen LogP contribution in [0.1, 0.15) is 12.8 Å². The molecular weight excluding hydrogens is 246 g/mol. The molecule has 1 aliphatic rings. The highest BCUT2D eigenvalue weighted by Crippen LogP contribution is 2.26. The molecule has 0 spiro atoms. The number of methoxy groups -OCH3 is 1. The topological polar surface area (TPSA) is 84.0 Å². The molecule has 3 heterocycles. The summed E-state index contributed by atoms with van der Waals surface area (Å²) in [6, 6.07) is 0. The number of nitrogens with one attached hydrogen (secondary N) is 1. The van der Waals surface area contributed by atoms with Crippen LogP contribution in [0.15, 0.2) is 12.7 Å². The number of esters is 1. The lowest BCUT2D eigenvalue weighted by atomic mass is 9.98. The van der Waals surface area contributed by atoms with E-state index < -0.39 is 0 Å². The molecule has 0 aromatic carbocycles. The van der Waals surface area contributed by atoms with Crippen molar-refractivity contribution in [2.75, 3.05) is 25.1 Å². The van der Waals surface area contributed by atoms with Crippen molar-refractivity contribution >= 4 is 23.0 Å². The first-order valence-electron chi connectivity index (χ1n) is 6.26. The molecule has 1 N–H and O–H groups in total. The molecule has 7 heteroatoms. The van der Waals surface area contributed by atoms with E-state index >= 15 is 0 Å². The Balaban J connectivity index is 1.89. The first kappa shape index (κ1) is 11.9. The smallest absolute Gasteiger partial charge is 0.310 e. The van der Waals surface area contributed by atoms with Gasteiger partial charge >= 0.3 is 5.97 Å². The Morgan fingerprint density at radius 1 is 1.47 bits per heavy atom. The van der Waals surface area contributed by atoms with Crippen molar-refractivity contribution < 1.29 is 9.53 Å². The van der Waals surface area contributed by atoms with E-state index in [0.717, 1.165) is 30.7 Å². The third-order valence-corrected chi connectivity index (χ3v) is 3.46. The van der Waals surface area contributed by atoms with Crippen molar-refractivity contribution in [3.63, 3.8) is 0 Å². The summed E-state index contributed by atoms with van der Waals surface area (Å²) in [4.78, 5) is 29.3. The zero-order valence-electron chi connectivity index (χ0n) is 10.7. The summed E-state index contributed by atoms with van der Waals surface area (Å²) in [5, 5.41) is 0. The molecule has 1 fully saturated rings. The minimum Gasteiger partial charge on any atom is -0.469 e. The van der Waals surface area contributed by atoms with Crippen LogP contribution in [0.4, 0.5) is 5.82 Å². The number of fused-ring (bicyclic) bond motifs is 1. The van der Waals surface area contributed by atoms with Crippen LogP contribution in [0.25, 0.3) is 11.2 Å². The molecule has 2 aromatic rings. The number of anilines is 1. The Kier molecular flexibility index (Phi) is 3.02. The number of H-pyrrole nitrogens is 1. The van der Waals surface area contributed by atoms with Crippen LogP contribution in [0.5, 0.6) is 0 Å². The van der Waals surface area contributed by atoms with Gasteiger partial charge in [0.1, 0.15) is 11.8 Å². The lowest BCUT2D eigenvalue weighted by molar-refractivity contribution is -0.145. The molecule has 0 saturated carbocycles. The maximum atomic E-state index is 11.7. The first-order chi connectivity index (χ1) is 9.29. The van der Waals surface area contributed by atoms with Crippen LogP contribution in [0.3, 0.4) is 0 Å². The molecule has 1 aliphatic heterocycles. The van der Waals surface area contributed by atoms with Gasteiger partial charge in [-0.1, -0.05) is 0 Å². The Labute approximate surface area is 110 Å². The maximum Gasteiger partial charge on any atom is 0.310 e. The largest absolute Gasteiger partial charge is 0.469 e. The summed E-state index contributed by atoms with van der Waals surface area (Å²) >= 11 is 0. The zero-order chi connectivity index (χ0) is 13.2. The molecule has 7 nitrogen and oxygen atoms in total. The quantitative estimate of drug-likeness (QED) is 0.803. The number of carbonyl (C=O) groups is 1. The fourth-order valence-corrected chi connectivity index (χ4v) is 2.52. The molecule has 0 unspecified atom stereocenters. The number of hydrogen-bond donors (Lipinski definition) is 1. The van der Waals surface area contributed by atoms with E-state index in [0.29, 0.717) is 12.2 Å². The molecular formula is C12H15N5O2. The van der Waals surface area contributed by atoms with Crippen molar-refractivity contribution in [2.45, 2.75) is 12.8 Å². The Morgan fingerprint density at radius 3 is 3.21 bits per heavy atom. The molecule has 1 atom stereocenters. The molecule has 1 saturated heterocycles. The van der Waals surface area contributed by atoms with Gasteiger partial charge in [0.2, 0.25) is 0 Å². The van der Waals surface area contributed by atoms with Gasteiger partial charge in [0.25, 0.3) is 0 Å². The van der Waals surface area contributed by atoms with E-state index in [1.807, 2.05) is 0 Å². The molecule has 0 radical (unpaired) electrons. The average Bonchev–Trinajstić information content (AvgIpc) is 2.94. The Bertz CT molecular complexity index is 597. The third kappa shape index (κ3) is 2.11. The minimum absolute atomic E-state index is 0.0910. The SMILES string of the molecule is COC(=O)[C@H]1CCCN(c2ncnc3nc[nH]c23)C1. The normalized spacial score (nSPS) is 19.6. The van der Waals surface area contributed by atoms with Crippen molar-refractivity contribution in [3.8, 4) is 0 Å². The van der Waals surface area contributed by atoms with E-state index in [1.165, 1.54) is 13.4 Å². The van der Waals surface area contributed by atoms with Gasteiger partial charge < -0.3 is 14.6 Å². The van der Waals surface area contributed by atoms with Gasteiger partial charge in [-0.2, -0.15) is 0 Å². The van der Waals surface area contributed by atoms with Crippen molar-refractivity contribution in [2.24, 2.45) is 5.92 Å². The second kappa shape index (κ2) is 4.83. The van der Waals surface area contributed by atoms with Crippen LogP contribution < -0.4 is 4.90 Å². The van der Waals surface area contributed by atoms with E-state index in [-0.39, 0.29) is 11.9 Å². The number of carbonyl (C=O) groups excluding carboxylic acids is 1. The summed E-state index contributed by atoms with van der Waals surface area (Å²) in [5.74, 6) is 0.558. The van der Waals surface area contributed by atoms with Gasteiger partial charge in [0.15, 0.2) is 11.5 Å². The number of imidazole rings is 1. The maximum absolute atomic E-state index is 11.7. The summed E-state index contributed by atoms with van der Waals surface area (Å²) in [5.41, 5.74) is 1.46. The van der Waals surface area contributed by atoms with Crippen molar-refractivity contribution in [3.05, 3.63) is 12.7 Å². The second-order valence-electron chi connectivity index (χ2n) is 4.61. The first-order valence-corrected chi connectivity index (χ1v) is 6.26. The highest BCUT2D eigenvalue weighted by molar-refractivity contribution is 5.83. The summed E-state index contributed by atoms with van der Waals surface area (Å²) in [7, 11) is 1.43. The molecule has 19 heavy (non-hydrogen) atoms. The average molecular weight is 261 g/mol. The van der Waals surface area contributed by atoms with Crippen LogP contribution >= 0.6 is 0 Å². The molecule has 0 bridgehead atoms. The number of aromatic amines is 1. The van der Waals surface area contributed by atoms with Gasteiger partial charge in [-0.05, 0) is 12.8 Å². The van der Waals surface area contributed by atoms with E-state index in [1.54, 1.807) is 6.33 Å². The van der Waals surface area contributed by atoms with Crippen molar-refractivity contribution in [1.82, 2.24) is 19.9 Å². The van der Waals surface area contributed by atoms with Crippen molar-refractivity contribution in [1.29, 1.82) is 0 Å². The van der Waals surface area contributed by atoms with E-state index in [9.17, 15) is 4.79 Å². The van der Waals surface area contributed by atoms with Crippen LogP contribution in [0, 0.1) is 5.92 Å². The van der Waals surface area contributed by atoms with Gasteiger partial charge in [0, 0.05) is 13.1 Å². The number of rotatable bonds is 2. The molecule has 3 rings (SSSR count). The van der Waals surface area contributed by atoms with Gasteiger partial charge in [-0.15, -0.1) is 0 Å². The monoisotopic (exact) mass is 261 g/mol. The summed E-state index contributed by atoms with van der Waals surface area (Å²) in [6.45, 7) is 1.50. The summed E-state index contributed by atoms with van der Waals surface area (Å²) in [6.07, 6.45) is 4.91. The number of aromatic nitrogens is 4. The van der Waals surface area contributed by atoms with Crippen LogP contribution in [0.2, 0.25) is 0 Å². The lowest BCUT2D eigenvalue weighted by Gasteiger charge is -2.32. The van der Waals surface area contributed by atoms with Crippen LogP contribution in [-0.4, -0.2) is 46.1 Å². The minimum atomic E-state index is -0.153. The Hall–Kier alpha value is -2.18. The standard InChI is InChI=1S/C12H15N5O2/c1-19-12(18)8-3-2-4-17(5-8)11-9-10(14-6-13-9)15-7-16-11/h6-8H,2-5H2,1H3,(H,13,14,15,16)/t8-/m0/s1. The third-order valence-electron chi connectivity index (χ3n) is 3.46. The summed E-state index contributed by atoms with van der Waals surface area (Å²) < 4.78 is 4.83. The fourth-order valence-electron chi connectivity index (χ4n) is 2.52. The number of nitrogens with zero attached hydrogens (tertiary/aromatic N) is 4. The van der Waals surface area contributed by atoms with Gasteiger partial charge in [-0.25, -0.2) is 15.0 Å². The molecule has 0 amide bonds. The number of piperidine rings is 1. The zero-order valence-corrected chi connectivity index (χ0v) is 10.7. The molecule has 100 valence electrons. The molecule has 0 aliphatic carbocycles. The van der Waals surface area contributed by atoms with E-state index in [2.05, 4.69) is 24.8 Å². The predicted molar refractivity (Wildman–Crippen MR) is 68.6 cm³/mol.